The van der Waals surface area contributed by atoms with E-state index in [9.17, 15) is 0 Å². The van der Waals surface area contributed by atoms with Crippen LogP contribution in [0.3, 0.4) is 0 Å². The lowest BCUT2D eigenvalue weighted by Gasteiger charge is -2.21. The zero-order valence-electron chi connectivity index (χ0n) is 10.4. The van der Waals surface area contributed by atoms with Crippen molar-refractivity contribution >= 4 is 11.6 Å². The molecule has 5 heteroatoms. The van der Waals surface area contributed by atoms with Crippen LogP contribution >= 0.6 is 11.6 Å². The van der Waals surface area contributed by atoms with E-state index < -0.39 is 0 Å². The summed E-state index contributed by atoms with van der Waals surface area (Å²) in [5, 5.41) is 0.680. The SMILES string of the molecule is CN1CC(CN)CC1c1ccc2c(c1Cl)OCO2. The first-order valence-electron chi connectivity index (χ1n) is 6.19. The van der Waals surface area contributed by atoms with Gasteiger partial charge >= 0.3 is 0 Å². The number of ether oxygens (including phenoxy) is 2. The number of halogens is 1. The highest BCUT2D eigenvalue weighted by Gasteiger charge is 2.33. The van der Waals surface area contributed by atoms with Gasteiger partial charge in [0.1, 0.15) is 0 Å². The van der Waals surface area contributed by atoms with Crippen molar-refractivity contribution in [2.45, 2.75) is 12.5 Å². The lowest BCUT2D eigenvalue weighted by atomic mass is 9.99. The summed E-state index contributed by atoms with van der Waals surface area (Å²) in [7, 11) is 2.11. The number of nitrogens with two attached hydrogens (primary N) is 1. The first-order chi connectivity index (χ1) is 8.70. The number of hydrogen-bond acceptors (Lipinski definition) is 4. The first kappa shape index (κ1) is 12.1. The molecule has 2 atom stereocenters. The predicted molar refractivity (Wildman–Crippen MR) is 70.1 cm³/mol. The largest absolute Gasteiger partial charge is 0.454 e. The van der Waals surface area contributed by atoms with Crippen molar-refractivity contribution in [1.82, 2.24) is 4.90 Å². The van der Waals surface area contributed by atoms with E-state index in [0.717, 1.165) is 30.8 Å². The second kappa shape index (κ2) is 4.61. The summed E-state index contributed by atoms with van der Waals surface area (Å²) in [5.74, 6) is 1.96. The molecule has 2 aliphatic rings. The molecule has 98 valence electrons. The molecule has 0 aromatic heterocycles. The molecule has 3 rings (SSSR count). The van der Waals surface area contributed by atoms with Gasteiger partial charge in [-0.25, -0.2) is 0 Å². The number of fused-ring (bicyclic) bond motifs is 1. The monoisotopic (exact) mass is 268 g/mol. The van der Waals surface area contributed by atoms with Crippen LogP contribution in [0.4, 0.5) is 0 Å². The van der Waals surface area contributed by atoms with E-state index in [1.807, 2.05) is 12.1 Å². The Hall–Kier alpha value is -0.970. The minimum absolute atomic E-state index is 0.254. The molecule has 0 spiro atoms. The Bertz CT molecular complexity index is 467. The van der Waals surface area contributed by atoms with Gasteiger partial charge in [0.15, 0.2) is 11.5 Å². The topological polar surface area (TPSA) is 47.7 Å². The molecule has 1 aromatic rings. The van der Waals surface area contributed by atoms with E-state index in [1.54, 1.807) is 0 Å². The third-order valence-corrected chi connectivity index (χ3v) is 4.23. The van der Waals surface area contributed by atoms with E-state index in [4.69, 9.17) is 26.8 Å². The summed E-state index contributed by atoms with van der Waals surface area (Å²) >= 11 is 6.43. The molecule has 2 unspecified atom stereocenters. The molecule has 1 fully saturated rings. The van der Waals surface area contributed by atoms with Crippen molar-refractivity contribution < 1.29 is 9.47 Å². The Morgan fingerprint density at radius 1 is 1.44 bits per heavy atom. The molecule has 1 saturated heterocycles. The van der Waals surface area contributed by atoms with Crippen LogP contribution in [0.25, 0.3) is 0 Å². The molecule has 0 aliphatic carbocycles. The van der Waals surface area contributed by atoms with Gasteiger partial charge in [0.2, 0.25) is 6.79 Å². The molecular weight excluding hydrogens is 252 g/mol. The third kappa shape index (κ3) is 1.85. The number of hydrogen-bond donors (Lipinski definition) is 1. The standard InChI is InChI=1S/C13H17ClN2O2/c1-16-6-8(5-15)4-10(16)9-2-3-11-13(12(9)14)18-7-17-11/h2-3,8,10H,4-7,15H2,1H3. The minimum Gasteiger partial charge on any atom is -0.454 e. The van der Waals surface area contributed by atoms with Crippen molar-refractivity contribution in [2.24, 2.45) is 11.7 Å². The molecule has 4 nitrogen and oxygen atoms in total. The van der Waals surface area contributed by atoms with Gasteiger partial charge in [0.05, 0.1) is 5.02 Å². The zero-order chi connectivity index (χ0) is 12.7. The highest BCUT2D eigenvalue weighted by atomic mass is 35.5. The second-order valence-electron chi connectivity index (χ2n) is 5.00. The number of nitrogens with zero attached hydrogens (tertiary/aromatic N) is 1. The van der Waals surface area contributed by atoms with E-state index in [0.29, 0.717) is 22.7 Å². The summed E-state index contributed by atoms with van der Waals surface area (Å²) < 4.78 is 10.7. The molecule has 2 heterocycles. The normalized spacial score (nSPS) is 26.8. The summed E-state index contributed by atoms with van der Waals surface area (Å²) in [6.45, 7) is 2.00. The molecule has 0 amide bonds. The summed E-state index contributed by atoms with van der Waals surface area (Å²) in [6, 6.07) is 4.30. The van der Waals surface area contributed by atoms with Crippen LogP contribution in [0.1, 0.15) is 18.0 Å². The number of benzene rings is 1. The summed E-state index contributed by atoms with van der Waals surface area (Å²) in [5.41, 5.74) is 6.87. The van der Waals surface area contributed by atoms with Crippen LogP contribution in [0.2, 0.25) is 5.02 Å². The van der Waals surface area contributed by atoms with Crippen molar-refractivity contribution in [1.29, 1.82) is 0 Å². The van der Waals surface area contributed by atoms with Gasteiger partial charge in [0.25, 0.3) is 0 Å². The van der Waals surface area contributed by atoms with Gasteiger partial charge in [-0.3, -0.25) is 4.90 Å². The molecule has 0 bridgehead atoms. The first-order valence-corrected chi connectivity index (χ1v) is 6.56. The van der Waals surface area contributed by atoms with Crippen LogP contribution in [0, 0.1) is 5.92 Å². The van der Waals surface area contributed by atoms with Crippen molar-refractivity contribution in [2.75, 3.05) is 26.9 Å². The van der Waals surface area contributed by atoms with Crippen molar-refractivity contribution in [3.63, 3.8) is 0 Å². The highest BCUT2D eigenvalue weighted by molar-refractivity contribution is 6.33. The average molecular weight is 269 g/mol. The van der Waals surface area contributed by atoms with E-state index in [2.05, 4.69) is 11.9 Å². The van der Waals surface area contributed by atoms with Gasteiger partial charge < -0.3 is 15.2 Å². The van der Waals surface area contributed by atoms with Crippen LogP contribution in [0.5, 0.6) is 11.5 Å². The molecule has 2 N–H and O–H groups in total. The molecule has 18 heavy (non-hydrogen) atoms. The van der Waals surface area contributed by atoms with Crippen LogP contribution in [-0.2, 0) is 0 Å². The van der Waals surface area contributed by atoms with Gasteiger partial charge in [-0.05, 0) is 37.6 Å². The fourth-order valence-corrected chi connectivity index (χ4v) is 3.19. The Morgan fingerprint density at radius 2 is 2.28 bits per heavy atom. The highest BCUT2D eigenvalue weighted by Crippen LogP contribution is 2.46. The number of likely N-dealkylation sites (tertiary alicyclic amines) is 1. The molecular formula is C13H17ClN2O2. The molecule has 0 radical (unpaired) electrons. The second-order valence-corrected chi connectivity index (χ2v) is 5.37. The Balaban J connectivity index is 1.93. The third-order valence-electron chi connectivity index (χ3n) is 3.84. The summed E-state index contributed by atoms with van der Waals surface area (Å²) in [4.78, 5) is 2.31. The lowest BCUT2D eigenvalue weighted by molar-refractivity contribution is 0.174. The average Bonchev–Trinajstić information content (AvgIpc) is 2.96. The predicted octanol–water partition coefficient (Wildman–Crippen LogP) is 2.02. The Labute approximate surface area is 112 Å². The molecule has 0 saturated carbocycles. The van der Waals surface area contributed by atoms with Crippen LogP contribution < -0.4 is 15.2 Å². The van der Waals surface area contributed by atoms with Crippen molar-refractivity contribution in [3.8, 4) is 11.5 Å². The van der Waals surface area contributed by atoms with Gasteiger partial charge in [-0.15, -0.1) is 0 Å². The zero-order valence-corrected chi connectivity index (χ0v) is 11.1. The minimum atomic E-state index is 0.254. The van der Waals surface area contributed by atoms with Crippen molar-refractivity contribution in [3.05, 3.63) is 22.7 Å². The van der Waals surface area contributed by atoms with E-state index in [-0.39, 0.29) is 6.79 Å². The smallest absolute Gasteiger partial charge is 0.231 e. The Morgan fingerprint density at radius 3 is 3.00 bits per heavy atom. The van der Waals surface area contributed by atoms with Gasteiger partial charge in [-0.1, -0.05) is 17.7 Å². The molecule has 1 aromatic carbocycles. The van der Waals surface area contributed by atoms with Gasteiger partial charge in [-0.2, -0.15) is 0 Å². The van der Waals surface area contributed by atoms with Gasteiger partial charge in [0, 0.05) is 12.6 Å². The van der Waals surface area contributed by atoms with E-state index >= 15 is 0 Å². The maximum absolute atomic E-state index is 6.43. The lowest BCUT2D eigenvalue weighted by Crippen LogP contribution is -2.20. The maximum atomic E-state index is 6.43. The maximum Gasteiger partial charge on any atom is 0.231 e. The quantitative estimate of drug-likeness (QED) is 0.892. The van der Waals surface area contributed by atoms with E-state index in [1.165, 1.54) is 0 Å². The summed E-state index contributed by atoms with van der Waals surface area (Å²) in [6.07, 6.45) is 1.05. The Kier molecular flexibility index (Phi) is 3.09. The van der Waals surface area contributed by atoms with Crippen LogP contribution in [-0.4, -0.2) is 31.8 Å². The fourth-order valence-electron chi connectivity index (χ4n) is 2.85. The molecule has 2 aliphatic heterocycles. The number of rotatable bonds is 2. The van der Waals surface area contributed by atoms with Crippen LogP contribution in [0.15, 0.2) is 12.1 Å². The fraction of sp³-hybridized carbons (Fsp3) is 0.538.